The zero-order valence-electron chi connectivity index (χ0n) is 24.9. The second-order valence-corrected chi connectivity index (χ2v) is 12.1. The number of nitrogens with one attached hydrogen (secondary N) is 2. The number of carbonyl (C=O) groups excluding carboxylic acids is 4. The summed E-state index contributed by atoms with van der Waals surface area (Å²) in [5, 5.41) is 36.0. The zero-order valence-corrected chi connectivity index (χ0v) is 24.9. The van der Waals surface area contributed by atoms with Crippen LogP contribution in [0.4, 0.5) is 0 Å². The molecule has 1 aromatic rings. The van der Waals surface area contributed by atoms with Crippen molar-refractivity contribution in [2.45, 2.75) is 102 Å². The number of aliphatic imine (C=N–C) groups is 1. The van der Waals surface area contributed by atoms with Gasteiger partial charge in [0.05, 0.1) is 12.1 Å². The van der Waals surface area contributed by atoms with Crippen LogP contribution in [0, 0.1) is 11.8 Å². The fraction of sp³-hybridized carbons (Fsp3) is 0.633. The van der Waals surface area contributed by atoms with Crippen LogP contribution in [-0.2, 0) is 25.6 Å². The van der Waals surface area contributed by atoms with E-state index in [-0.39, 0.29) is 36.4 Å². The first kappa shape index (κ1) is 33.8. The summed E-state index contributed by atoms with van der Waals surface area (Å²) in [6.07, 6.45) is 1.48. The third-order valence-electron chi connectivity index (χ3n) is 8.15. The summed E-state index contributed by atoms with van der Waals surface area (Å²) in [6.45, 7) is 4.10. The molecule has 1 saturated carbocycles. The number of aliphatic hydroxyl groups excluding tert-OH is 2. The quantitative estimate of drug-likeness (QED) is 0.0642. The van der Waals surface area contributed by atoms with Crippen LogP contribution in [-0.4, -0.2) is 93.1 Å². The Labute approximate surface area is 252 Å². The molecule has 2 fully saturated rings. The van der Waals surface area contributed by atoms with Gasteiger partial charge in [-0.2, -0.15) is 0 Å². The Kier molecular flexibility index (Phi) is 12.3. The molecule has 0 radical (unpaired) electrons. The van der Waals surface area contributed by atoms with E-state index >= 15 is 0 Å². The number of benzene rings is 1. The lowest BCUT2D eigenvalue weighted by molar-refractivity contribution is -0.146. The summed E-state index contributed by atoms with van der Waals surface area (Å²) in [5.74, 6) is -1.69. The van der Waals surface area contributed by atoms with Gasteiger partial charge in [0.15, 0.2) is 5.96 Å². The molecule has 43 heavy (non-hydrogen) atoms. The lowest BCUT2D eigenvalue weighted by Crippen LogP contribution is -2.58. The van der Waals surface area contributed by atoms with Crippen molar-refractivity contribution in [3.05, 3.63) is 29.8 Å². The van der Waals surface area contributed by atoms with E-state index in [9.17, 15) is 34.5 Å². The van der Waals surface area contributed by atoms with Crippen molar-refractivity contribution in [3.8, 4) is 5.75 Å². The lowest BCUT2D eigenvalue weighted by atomic mass is 9.83. The maximum Gasteiger partial charge on any atom is 0.249 e. The highest BCUT2D eigenvalue weighted by molar-refractivity contribution is 5.94. The highest BCUT2D eigenvalue weighted by Crippen LogP contribution is 2.40. The number of amides is 3. The first-order valence-electron chi connectivity index (χ1n) is 15.0. The topological polar surface area (TPSA) is 221 Å². The number of likely N-dealkylation sites (tertiary alicyclic amines) is 1. The van der Waals surface area contributed by atoms with Crippen LogP contribution in [0.2, 0.25) is 0 Å². The number of nitrogens with zero attached hydrogens (tertiary/aromatic N) is 2. The first-order valence-corrected chi connectivity index (χ1v) is 15.0. The van der Waals surface area contributed by atoms with Crippen LogP contribution >= 0.6 is 0 Å². The fourth-order valence-corrected chi connectivity index (χ4v) is 6.05. The molecule has 3 amide bonds. The highest BCUT2D eigenvalue weighted by Gasteiger charge is 2.50. The largest absolute Gasteiger partial charge is 0.508 e. The molecule has 13 nitrogen and oxygen atoms in total. The maximum absolute atomic E-state index is 14.2. The first-order chi connectivity index (χ1) is 20.4. The Morgan fingerprint density at radius 2 is 1.81 bits per heavy atom. The van der Waals surface area contributed by atoms with Crippen molar-refractivity contribution in [2.24, 2.45) is 28.3 Å². The van der Waals surface area contributed by atoms with Gasteiger partial charge in [-0.25, -0.2) is 0 Å². The molecule has 0 unspecified atom stereocenters. The molecule has 7 atom stereocenters. The fourth-order valence-electron chi connectivity index (χ4n) is 6.05. The van der Waals surface area contributed by atoms with E-state index in [0.717, 1.165) is 0 Å². The molecule has 1 saturated heterocycles. The monoisotopic (exact) mass is 602 g/mol. The smallest absolute Gasteiger partial charge is 0.249 e. The Bertz CT molecular complexity index is 1140. The van der Waals surface area contributed by atoms with Gasteiger partial charge in [-0.15, -0.1) is 0 Å². The predicted octanol–water partition coefficient (Wildman–Crippen LogP) is -0.306. The molecule has 3 rings (SSSR count). The molecule has 1 heterocycles. The minimum absolute atomic E-state index is 0.00391. The number of nitrogens with two attached hydrogens (primary N) is 2. The van der Waals surface area contributed by atoms with Gasteiger partial charge in [0.25, 0.3) is 0 Å². The number of fused-ring (bicyclic) bond motifs is 1. The molecule has 1 aromatic carbocycles. The average Bonchev–Trinajstić information content (AvgIpc) is 3.33. The SMILES string of the molecule is CC(C)C[C@@H](NC(=O)[C@@H](O)Cc1ccc(O)cc1)C(=O)N1[C@H](C(=O)N[C@H](C=O)CCCN=C(N)N)C[C@@H]2CC[C@@H](O)C[C@@H]21. The van der Waals surface area contributed by atoms with Gasteiger partial charge >= 0.3 is 0 Å². The summed E-state index contributed by atoms with van der Waals surface area (Å²) in [4.78, 5) is 57.9. The van der Waals surface area contributed by atoms with Gasteiger partial charge in [-0.05, 0) is 74.5 Å². The van der Waals surface area contributed by atoms with E-state index < -0.39 is 54.1 Å². The molecular formula is C30H46N6O7. The van der Waals surface area contributed by atoms with Gasteiger partial charge < -0.3 is 47.1 Å². The van der Waals surface area contributed by atoms with E-state index in [1.165, 1.54) is 17.0 Å². The maximum atomic E-state index is 14.2. The number of phenolic OH excluding ortho intramolecular Hbond substituents is 1. The van der Waals surface area contributed by atoms with Crippen LogP contribution in [0.1, 0.15) is 64.4 Å². The van der Waals surface area contributed by atoms with Crippen molar-refractivity contribution in [2.75, 3.05) is 6.54 Å². The average molecular weight is 603 g/mol. The Balaban J connectivity index is 1.78. The normalized spacial score (nSPS) is 23.5. The number of aldehydes is 1. The van der Waals surface area contributed by atoms with Crippen molar-refractivity contribution in [3.63, 3.8) is 0 Å². The number of hydrogen-bond acceptors (Lipinski definition) is 8. The molecular weight excluding hydrogens is 556 g/mol. The molecule has 238 valence electrons. The number of carbonyl (C=O) groups is 4. The van der Waals surface area contributed by atoms with Crippen molar-refractivity contribution in [1.29, 1.82) is 0 Å². The molecule has 0 bridgehead atoms. The van der Waals surface area contributed by atoms with Gasteiger partial charge in [0.1, 0.15) is 30.2 Å². The van der Waals surface area contributed by atoms with E-state index in [1.54, 1.807) is 12.1 Å². The van der Waals surface area contributed by atoms with Crippen molar-refractivity contribution in [1.82, 2.24) is 15.5 Å². The van der Waals surface area contributed by atoms with E-state index in [4.69, 9.17) is 11.5 Å². The number of aliphatic hydroxyl groups is 2. The Morgan fingerprint density at radius 3 is 2.44 bits per heavy atom. The Morgan fingerprint density at radius 1 is 1.12 bits per heavy atom. The van der Waals surface area contributed by atoms with Gasteiger partial charge in [0, 0.05) is 19.0 Å². The van der Waals surface area contributed by atoms with Crippen LogP contribution < -0.4 is 22.1 Å². The summed E-state index contributed by atoms with van der Waals surface area (Å²) in [6, 6.07) is 2.99. The number of aromatic hydroxyl groups is 1. The predicted molar refractivity (Wildman–Crippen MR) is 159 cm³/mol. The molecule has 13 heteroatoms. The van der Waals surface area contributed by atoms with Crippen molar-refractivity contribution < 1.29 is 34.5 Å². The number of guanidine groups is 1. The van der Waals surface area contributed by atoms with Crippen LogP contribution in [0.5, 0.6) is 5.75 Å². The summed E-state index contributed by atoms with van der Waals surface area (Å²) < 4.78 is 0. The number of rotatable bonds is 14. The second-order valence-electron chi connectivity index (χ2n) is 12.1. The third-order valence-corrected chi connectivity index (χ3v) is 8.15. The molecule has 0 spiro atoms. The lowest BCUT2D eigenvalue weighted by Gasteiger charge is -2.38. The highest BCUT2D eigenvalue weighted by atomic mass is 16.3. The van der Waals surface area contributed by atoms with Crippen LogP contribution in [0.25, 0.3) is 0 Å². The van der Waals surface area contributed by atoms with Crippen molar-refractivity contribution >= 4 is 30.0 Å². The van der Waals surface area contributed by atoms with Gasteiger partial charge in [-0.3, -0.25) is 19.4 Å². The van der Waals surface area contributed by atoms with Crippen LogP contribution in [0.3, 0.4) is 0 Å². The van der Waals surface area contributed by atoms with Gasteiger partial charge in [-0.1, -0.05) is 26.0 Å². The van der Waals surface area contributed by atoms with E-state index in [2.05, 4.69) is 15.6 Å². The minimum atomic E-state index is -1.44. The van der Waals surface area contributed by atoms with E-state index in [1.807, 2.05) is 13.8 Å². The summed E-state index contributed by atoms with van der Waals surface area (Å²) in [5.41, 5.74) is 11.3. The molecule has 1 aliphatic heterocycles. The molecule has 1 aliphatic carbocycles. The third kappa shape index (κ3) is 9.65. The number of phenols is 1. The molecule has 2 aliphatic rings. The summed E-state index contributed by atoms with van der Waals surface area (Å²) >= 11 is 0. The standard InChI is InChI=1S/C30H46N6O7/c1-17(2)12-23(35-28(42)26(40)13-18-5-8-21(38)9-6-18)29(43)36-24-15-22(39)10-7-19(24)14-25(36)27(41)34-20(16-37)4-3-11-33-30(31)32/h5-6,8-9,16-17,19-20,22-26,38-40H,3-4,7,10-15H2,1-2H3,(H,34,41)(H,35,42)(H4,31,32,33)/t19-,20-,22+,23+,24-,25-,26-/m0/s1. The molecule has 9 N–H and O–H groups in total. The molecule has 0 aromatic heterocycles. The minimum Gasteiger partial charge on any atom is -0.508 e. The van der Waals surface area contributed by atoms with E-state index in [0.29, 0.717) is 56.9 Å². The summed E-state index contributed by atoms with van der Waals surface area (Å²) in [7, 11) is 0. The number of hydrogen-bond donors (Lipinski definition) is 7. The Hall–Kier alpha value is -3.71. The van der Waals surface area contributed by atoms with Gasteiger partial charge in [0.2, 0.25) is 17.7 Å². The van der Waals surface area contributed by atoms with Crippen LogP contribution in [0.15, 0.2) is 29.3 Å². The second kappa shape index (κ2) is 15.7. The zero-order chi connectivity index (χ0) is 31.7.